The average Bonchev–Trinajstić information content (AvgIpc) is 2.52. The second-order valence-electron chi connectivity index (χ2n) is 7.40. The second-order valence-corrected chi connectivity index (χ2v) is 10.2. The van der Waals surface area contributed by atoms with E-state index >= 15 is 0 Å². The Kier molecular flexibility index (Phi) is 13.7. The van der Waals surface area contributed by atoms with Crippen LogP contribution in [0.4, 0.5) is 0 Å². The fourth-order valence-electron chi connectivity index (χ4n) is 3.62. The molecule has 0 radical (unpaired) electrons. The van der Waals surface area contributed by atoms with Gasteiger partial charge < -0.3 is 4.43 Å². The lowest BCUT2D eigenvalue weighted by atomic mass is 9.89. The summed E-state index contributed by atoms with van der Waals surface area (Å²) in [6.07, 6.45) is 16.7. The first kappa shape index (κ1) is 22.2. The molecule has 0 aliphatic rings. The molecule has 0 amide bonds. The lowest BCUT2D eigenvalue weighted by Gasteiger charge is -2.40. The standard InChI is InChI=1S/C20H44OSi/c1-7-11-15-19(5)21-22(6)20(16-12-8-2,17-13-9-3)18-14-10-4/h19,22H,7-18H2,1-6H3. The first-order chi connectivity index (χ1) is 10.6. The largest absolute Gasteiger partial charge is 0.417 e. The molecule has 0 rings (SSSR count). The summed E-state index contributed by atoms with van der Waals surface area (Å²) in [5.41, 5.74) is 0. The molecule has 0 fully saturated rings. The van der Waals surface area contributed by atoms with Crippen LogP contribution in [0.25, 0.3) is 0 Å². The minimum atomic E-state index is -1.15. The van der Waals surface area contributed by atoms with Crippen molar-refractivity contribution in [3.8, 4) is 0 Å². The van der Waals surface area contributed by atoms with Crippen LogP contribution in [0.15, 0.2) is 0 Å². The fraction of sp³-hybridized carbons (Fsp3) is 1.00. The van der Waals surface area contributed by atoms with Crippen LogP contribution in [0.3, 0.4) is 0 Å². The van der Waals surface area contributed by atoms with E-state index in [2.05, 4.69) is 41.2 Å². The highest BCUT2D eigenvalue weighted by atomic mass is 28.3. The highest BCUT2D eigenvalue weighted by molar-refractivity contribution is 6.54. The fourth-order valence-corrected chi connectivity index (χ4v) is 6.58. The van der Waals surface area contributed by atoms with Gasteiger partial charge in [-0.2, -0.15) is 0 Å². The molecule has 2 unspecified atom stereocenters. The molecule has 0 saturated heterocycles. The van der Waals surface area contributed by atoms with Gasteiger partial charge >= 0.3 is 0 Å². The van der Waals surface area contributed by atoms with Gasteiger partial charge in [-0.25, -0.2) is 0 Å². The van der Waals surface area contributed by atoms with Crippen molar-refractivity contribution in [1.29, 1.82) is 0 Å². The molecule has 22 heavy (non-hydrogen) atoms. The van der Waals surface area contributed by atoms with Crippen molar-refractivity contribution < 1.29 is 4.43 Å². The molecule has 0 aromatic rings. The maximum absolute atomic E-state index is 6.65. The van der Waals surface area contributed by atoms with Crippen molar-refractivity contribution in [2.24, 2.45) is 0 Å². The SMILES string of the molecule is CCCCC(C)O[SiH](C)C(CCCC)(CCCC)CCCC. The maximum atomic E-state index is 6.65. The third-order valence-electron chi connectivity index (χ3n) is 5.35. The predicted octanol–water partition coefficient (Wildman–Crippen LogP) is 7.25. The highest BCUT2D eigenvalue weighted by Crippen LogP contribution is 2.47. The van der Waals surface area contributed by atoms with Crippen molar-refractivity contribution in [1.82, 2.24) is 0 Å². The van der Waals surface area contributed by atoms with E-state index in [0.717, 1.165) is 0 Å². The molecule has 0 spiro atoms. The summed E-state index contributed by atoms with van der Waals surface area (Å²) in [7, 11) is -1.15. The van der Waals surface area contributed by atoms with Crippen LogP contribution in [0.5, 0.6) is 0 Å². The van der Waals surface area contributed by atoms with Gasteiger partial charge in [0, 0.05) is 6.10 Å². The summed E-state index contributed by atoms with van der Waals surface area (Å²) in [6.45, 7) is 14.1. The van der Waals surface area contributed by atoms with Gasteiger partial charge in [0.05, 0.1) is 0 Å². The Morgan fingerprint density at radius 1 is 0.773 bits per heavy atom. The van der Waals surface area contributed by atoms with Gasteiger partial charge in [0.25, 0.3) is 0 Å². The van der Waals surface area contributed by atoms with Gasteiger partial charge in [-0.3, -0.25) is 0 Å². The normalized spacial score (nSPS) is 15.0. The maximum Gasteiger partial charge on any atom is 0.180 e. The first-order valence-electron chi connectivity index (χ1n) is 10.2. The van der Waals surface area contributed by atoms with Gasteiger partial charge in [0.15, 0.2) is 9.04 Å². The smallest absolute Gasteiger partial charge is 0.180 e. The molecule has 0 aliphatic heterocycles. The summed E-state index contributed by atoms with van der Waals surface area (Å²) in [6, 6.07) is 0. The minimum Gasteiger partial charge on any atom is -0.417 e. The van der Waals surface area contributed by atoms with Crippen LogP contribution >= 0.6 is 0 Å². The lowest BCUT2D eigenvalue weighted by molar-refractivity contribution is 0.185. The van der Waals surface area contributed by atoms with E-state index in [9.17, 15) is 0 Å². The number of hydrogen-bond acceptors (Lipinski definition) is 1. The molecule has 2 atom stereocenters. The first-order valence-corrected chi connectivity index (χ1v) is 12.4. The summed E-state index contributed by atoms with van der Waals surface area (Å²) >= 11 is 0. The van der Waals surface area contributed by atoms with Gasteiger partial charge in [0.2, 0.25) is 0 Å². The second kappa shape index (κ2) is 13.6. The number of unbranched alkanes of at least 4 members (excludes halogenated alkanes) is 4. The van der Waals surface area contributed by atoms with Gasteiger partial charge in [-0.05, 0) is 44.2 Å². The summed E-state index contributed by atoms with van der Waals surface area (Å²) < 4.78 is 6.65. The van der Waals surface area contributed by atoms with E-state index in [0.29, 0.717) is 11.1 Å². The van der Waals surface area contributed by atoms with Crippen LogP contribution in [-0.2, 0) is 4.43 Å². The topological polar surface area (TPSA) is 9.23 Å². The molecule has 0 heterocycles. The molecule has 0 aromatic carbocycles. The van der Waals surface area contributed by atoms with Crippen molar-refractivity contribution >= 4 is 9.04 Å². The molecule has 0 aliphatic carbocycles. The number of rotatable bonds is 15. The van der Waals surface area contributed by atoms with Crippen LogP contribution < -0.4 is 0 Å². The number of hydrogen-bond donors (Lipinski definition) is 0. The van der Waals surface area contributed by atoms with E-state index in [1.807, 2.05) is 0 Å². The van der Waals surface area contributed by atoms with E-state index in [4.69, 9.17) is 4.43 Å². The molecule has 0 N–H and O–H groups in total. The minimum absolute atomic E-state index is 0.478. The van der Waals surface area contributed by atoms with E-state index < -0.39 is 9.04 Å². The van der Waals surface area contributed by atoms with Crippen molar-refractivity contribution in [2.75, 3.05) is 0 Å². The third kappa shape index (κ3) is 8.72. The van der Waals surface area contributed by atoms with Crippen LogP contribution in [0, 0.1) is 0 Å². The molecule has 1 nitrogen and oxygen atoms in total. The summed E-state index contributed by atoms with van der Waals surface area (Å²) in [5, 5.41) is 0.558. The predicted molar refractivity (Wildman–Crippen MR) is 104 cm³/mol. The molecular weight excluding hydrogens is 284 g/mol. The van der Waals surface area contributed by atoms with Gasteiger partial charge in [-0.1, -0.05) is 79.1 Å². The van der Waals surface area contributed by atoms with Gasteiger partial charge in [-0.15, -0.1) is 0 Å². The Bertz CT molecular complexity index is 220. The molecule has 0 aromatic heterocycles. The third-order valence-corrected chi connectivity index (χ3v) is 8.81. The summed E-state index contributed by atoms with van der Waals surface area (Å²) in [5.74, 6) is 0. The Balaban J connectivity index is 4.86. The zero-order valence-electron chi connectivity index (χ0n) is 16.5. The Labute approximate surface area is 143 Å². The van der Waals surface area contributed by atoms with E-state index in [1.54, 1.807) is 0 Å². The Hall–Kier alpha value is 0.177. The lowest BCUT2D eigenvalue weighted by Crippen LogP contribution is -2.36. The molecule has 134 valence electrons. The van der Waals surface area contributed by atoms with Crippen LogP contribution in [0.2, 0.25) is 11.6 Å². The quantitative estimate of drug-likeness (QED) is 0.288. The average molecular weight is 329 g/mol. The monoisotopic (exact) mass is 328 g/mol. The van der Waals surface area contributed by atoms with Crippen molar-refractivity contribution in [3.63, 3.8) is 0 Å². The molecular formula is C20H44OSi. The zero-order valence-corrected chi connectivity index (χ0v) is 17.7. The zero-order chi connectivity index (χ0) is 16.8. The van der Waals surface area contributed by atoms with Crippen molar-refractivity contribution in [3.05, 3.63) is 0 Å². The molecule has 0 bridgehead atoms. The van der Waals surface area contributed by atoms with E-state index in [-0.39, 0.29) is 0 Å². The van der Waals surface area contributed by atoms with Gasteiger partial charge in [0.1, 0.15) is 0 Å². The Morgan fingerprint density at radius 3 is 1.55 bits per heavy atom. The molecule has 0 saturated carbocycles. The van der Waals surface area contributed by atoms with Crippen molar-refractivity contribution in [2.45, 2.75) is 129 Å². The Morgan fingerprint density at radius 2 is 1.18 bits per heavy atom. The van der Waals surface area contributed by atoms with Crippen LogP contribution in [0.1, 0.15) is 112 Å². The summed E-state index contributed by atoms with van der Waals surface area (Å²) in [4.78, 5) is 0. The molecule has 2 heteroatoms. The highest BCUT2D eigenvalue weighted by Gasteiger charge is 2.37. The van der Waals surface area contributed by atoms with Crippen LogP contribution in [-0.4, -0.2) is 15.1 Å². The van der Waals surface area contributed by atoms with E-state index in [1.165, 1.54) is 77.0 Å².